The molecular weight excluding hydrogens is 366 g/mol. The number of rotatable bonds is 10. The minimum absolute atomic E-state index is 0.0347. The summed E-state index contributed by atoms with van der Waals surface area (Å²) in [6.07, 6.45) is 10.9. The van der Waals surface area contributed by atoms with Gasteiger partial charge in [-0.1, -0.05) is 49.6 Å². The van der Waals surface area contributed by atoms with Crippen LogP contribution < -0.4 is 10.6 Å². The van der Waals surface area contributed by atoms with Crippen LogP contribution in [0.2, 0.25) is 0 Å². The SMILES string of the molecule is O=C(CCCCNC1(c2ccccc2)CCCCC1)NCCN1C(=O)C=CC1=O. The molecule has 29 heavy (non-hydrogen) atoms. The number of benzene rings is 1. The molecule has 2 N–H and O–H groups in total. The number of carbonyl (C=O) groups excluding carboxylic acids is 3. The summed E-state index contributed by atoms with van der Waals surface area (Å²) in [4.78, 5) is 36.1. The van der Waals surface area contributed by atoms with Crippen molar-refractivity contribution < 1.29 is 14.4 Å². The van der Waals surface area contributed by atoms with Crippen molar-refractivity contribution in [1.82, 2.24) is 15.5 Å². The van der Waals surface area contributed by atoms with Crippen molar-refractivity contribution in [2.45, 2.75) is 56.9 Å². The number of carbonyl (C=O) groups is 3. The van der Waals surface area contributed by atoms with Gasteiger partial charge >= 0.3 is 0 Å². The molecule has 2 aliphatic rings. The van der Waals surface area contributed by atoms with Gasteiger partial charge in [0.25, 0.3) is 11.8 Å². The minimum Gasteiger partial charge on any atom is -0.354 e. The first-order chi connectivity index (χ1) is 14.1. The Hall–Kier alpha value is -2.47. The van der Waals surface area contributed by atoms with Crippen LogP contribution in [0.15, 0.2) is 42.5 Å². The van der Waals surface area contributed by atoms with Crippen LogP contribution in [-0.4, -0.2) is 42.3 Å². The third kappa shape index (κ3) is 5.76. The second-order valence-corrected chi connectivity index (χ2v) is 7.90. The fourth-order valence-corrected chi connectivity index (χ4v) is 4.27. The molecule has 1 aromatic rings. The van der Waals surface area contributed by atoms with Crippen molar-refractivity contribution in [2.24, 2.45) is 0 Å². The summed E-state index contributed by atoms with van der Waals surface area (Å²) in [6.45, 7) is 1.41. The molecule has 0 spiro atoms. The molecule has 0 aromatic heterocycles. The first kappa shape index (κ1) is 21.2. The molecule has 1 aliphatic carbocycles. The van der Waals surface area contributed by atoms with Crippen LogP contribution in [0.25, 0.3) is 0 Å². The molecular formula is C23H31N3O3. The number of unbranched alkanes of at least 4 members (excludes halogenated alkanes) is 1. The van der Waals surface area contributed by atoms with Crippen molar-refractivity contribution in [3.63, 3.8) is 0 Å². The van der Waals surface area contributed by atoms with E-state index in [1.165, 1.54) is 49.8 Å². The monoisotopic (exact) mass is 397 g/mol. The predicted octanol–water partition coefficient (Wildman–Crippen LogP) is 2.65. The highest BCUT2D eigenvalue weighted by Gasteiger charge is 2.32. The van der Waals surface area contributed by atoms with Gasteiger partial charge in [0.15, 0.2) is 0 Å². The summed E-state index contributed by atoms with van der Waals surface area (Å²) >= 11 is 0. The lowest BCUT2D eigenvalue weighted by Gasteiger charge is -2.39. The maximum atomic E-state index is 12.0. The van der Waals surface area contributed by atoms with Crippen molar-refractivity contribution in [3.05, 3.63) is 48.0 Å². The van der Waals surface area contributed by atoms with E-state index < -0.39 is 0 Å². The Morgan fingerprint density at radius 2 is 1.62 bits per heavy atom. The number of hydrogen-bond donors (Lipinski definition) is 2. The van der Waals surface area contributed by atoms with E-state index in [1.54, 1.807) is 0 Å². The van der Waals surface area contributed by atoms with Crippen LogP contribution >= 0.6 is 0 Å². The van der Waals surface area contributed by atoms with Gasteiger partial charge in [0, 0.05) is 37.2 Å². The number of imide groups is 1. The minimum atomic E-state index is -0.314. The molecule has 3 amide bonds. The van der Waals surface area contributed by atoms with E-state index in [4.69, 9.17) is 0 Å². The number of hydrogen-bond acceptors (Lipinski definition) is 4. The summed E-state index contributed by atoms with van der Waals surface area (Å²) in [5.74, 6) is -0.664. The smallest absolute Gasteiger partial charge is 0.253 e. The summed E-state index contributed by atoms with van der Waals surface area (Å²) in [5.41, 5.74) is 1.45. The van der Waals surface area contributed by atoms with Gasteiger partial charge in [-0.05, 0) is 37.8 Å². The largest absolute Gasteiger partial charge is 0.354 e. The highest BCUT2D eigenvalue weighted by Crippen LogP contribution is 2.37. The Kier molecular flexibility index (Phi) is 7.58. The second kappa shape index (κ2) is 10.3. The Balaban J connectivity index is 1.34. The highest BCUT2D eigenvalue weighted by molar-refractivity contribution is 6.12. The van der Waals surface area contributed by atoms with Crippen LogP contribution in [0.3, 0.4) is 0 Å². The molecule has 1 fully saturated rings. The average Bonchev–Trinajstić information content (AvgIpc) is 3.07. The van der Waals surface area contributed by atoms with E-state index in [9.17, 15) is 14.4 Å². The lowest BCUT2D eigenvalue weighted by atomic mass is 9.76. The van der Waals surface area contributed by atoms with Gasteiger partial charge in [-0.25, -0.2) is 0 Å². The van der Waals surface area contributed by atoms with Gasteiger partial charge in [-0.2, -0.15) is 0 Å². The molecule has 156 valence electrons. The first-order valence-corrected chi connectivity index (χ1v) is 10.7. The Bertz CT molecular complexity index is 721. The second-order valence-electron chi connectivity index (χ2n) is 7.90. The number of nitrogens with one attached hydrogen (secondary N) is 2. The Morgan fingerprint density at radius 3 is 2.31 bits per heavy atom. The summed E-state index contributed by atoms with van der Waals surface area (Å²) in [5, 5.41) is 6.59. The molecule has 1 aliphatic heterocycles. The van der Waals surface area contributed by atoms with Crippen LogP contribution in [0.1, 0.15) is 56.9 Å². The molecule has 3 rings (SSSR count). The van der Waals surface area contributed by atoms with Gasteiger partial charge < -0.3 is 10.6 Å². The standard InChI is InChI=1S/C23H31N3O3/c27-20(24-17-18-26-21(28)12-13-22(26)29)11-5-8-16-25-23(14-6-2-7-15-23)19-9-3-1-4-10-19/h1,3-4,9-10,12-13,25H,2,5-8,11,14-18H2,(H,24,27). The van der Waals surface area contributed by atoms with Crippen LogP contribution in [-0.2, 0) is 19.9 Å². The van der Waals surface area contributed by atoms with E-state index in [0.29, 0.717) is 13.0 Å². The van der Waals surface area contributed by atoms with Crippen molar-refractivity contribution in [1.29, 1.82) is 0 Å². The molecule has 1 aromatic carbocycles. The lowest BCUT2D eigenvalue weighted by molar-refractivity contribution is -0.137. The molecule has 0 radical (unpaired) electrons. The normalized spacial score (nSPS) is 18.3. The zero-order valence-electron chi connectivity index (χ0n) is 17.0. The topological polar surface area (TPSA) is 78.5 Å². The molecule has 6 nitrogen and oxygen atoms in total. The van der Waals surface area contributed by atoms with Crippen molar-refractivity contribution in [2.75, 3.05) is 19.6 Å². The molecule has 0 bridgehead atoms. The van der Waals surface area contributed by atoms with E-state index in [1.807, 2.05) is 0 Å². The van der Waals surface area contributed by atoms with E-state index in [2.05, 4.69) is 41.0 Å². The van der Waals surface area contributed by atoms with Crippen molar-refractivity contribution in [3.8, 4) is 0 Å². The predicted molar refractivity (Wildman–Crippen MR) is 112 cm³/mol. The summed E-state index contributed by atoms with van der Waals surface area (Å²) in [7, 11) is 0. The third-order valence-electron chi connectivity index (χ3n) is 5.89. The van der Waals surface area contributed by atoms with Gasteiger partial charge in [-0.3, -0.25) is 19.3 Å². The van der Waals surface area contributed by atoms with Crippen molar-refractivity contribution >= 4 is 17.7 Å². The zero-order chi connectivity index (χ0) is 20.5. The maximum Gasteiger partial charge on any atom is 0.253 e. The average molecular weight is 398 g/mol. The van der Waals surface area contributed by atoms with Gasteiger partial charge in [0.1, 0.15) is 0 Å². The Morgan fingerprint density at radius 1 is 0.931 bits per heavy atom. The van der Waals surface area contributed by atoms with Gasteiger partial charge in [0.05, 0.1) is 0 Å². The quantitative estimate of drug-likeness (QED) is 0.470. The van der Waals surface area contributed by atoms with E-state index in [-0.39, 0.29) is 29.8 Å². The zero-order valence-corrected chi connectivity index (χ0v) is 17.0. The highest BCUT2D eigenvalue weighted by atomic mass is 16.2. The molecule has 6 heteroatoms. The molecule has 1 saturated carbocycles. The van der Waals surface area contributed by atoms with Crippen LogP contribution in [0.4, 0.5) is 0 Å². The maximum absolute atomic E-state index is 12.0. The summed E-state index contributed by atoms with van der Waals surface area (Å²) in [6, 6.07) is 10.7. The molecule has 1 heterocycles. The van der Waals surface area contributed by atoms with E-state index >= 15 is 0 Å². The lowest BCUT2D eigenvalue weighted by Crippen LogP contribution is -2.44. The molecule has 0 atom stereocenters. The first-order valence-electron chi connectivity index (χ1n) is 10.7. The summed E-state index contributed by atoms with van der Waals surface area (Å²) < 4.78 is 0. The van der Waals surface area contributed by atoms with Gasteiger partial charge in [0.2, 0.25) is 5.91 Å². The fraction of sp³-hybridized carbons (Fsp3) is 0.522. The third-order valence-corrected chi connectivity index (χ3v) is 5.89. The van der Waals surface area contributed by atoms with Crippen LogP contribution in [0.5, 0.6) is 0 Å². The van der Waals surface area contributed by atoms with Gasteiger partial charge in [-0.15, -0.1) is 0 Å². The fourth-order valence-electron chi connectivity index (χ4n) is 4.27. The number of amides is 3. The molecule has 0 unspecified atom stereocenters. The Labute approximate surface area is 172 Å². The van der Waals surface area contributed by atoms with Crippen LogP contribution in [0, 0.1) is 0 Å². The molecule has 0 saturated heterocycles. The van der Waals surface area contributed by atoms with E-state index in [0.717, 1.165) is 24.3 Å². The number of nitrogens with zero attached hydrogens (tertiary/aromatic N) is 1.